The highest BCUT2D eigenvalue weighted by Crippen LogP contribution is 2.42. The van der Waals surface area contributed by atoms with Gasteiger partial charge in [-0.3, -0.25) is 14.9 Å². The summed E-state index contributed by atoms with van der Waals surface area (Å²) in [4.78, 5) is 13.2. The number of aliphatic imine (C=N–C) groups is 2. The lowest BCUT2D eigenvalue weighted by Gasteiger charge is -2.41. The fraction of sp³-hybridized carbons (Fsp3) is 0.600. The van der Waals surface area contributed by atoms with E-state index in [1.54, 1.807) is 27.3 Å². The quantitative estimate of drug-likeness (QED) is 0.287. The van der Waals surface area contributed by atoms with Crippen molar-refractivity contribution >= 4 is 28.4 Å². The molecule has 2 fully saturated rings. The number of hydrogen-bond donors (Lipinski definition) is 2. The first-order valence-electron chi connectivity index (χ1n) is 10.3. The molecule has 11 nitrogen and oxygen atoms in total. The number of nitrogens with one attached hydrogen (secondary N) is 1. The molecular weight excluding hydrogens is 436 g/mol. The van der Waals surface area contributed by atoms with Crippen LogP contribution in [0.3, 0.4) is 0 Å². The van der Waals surface area contributed by atoms with E-state index in [9.17, 15) is 8.42 Å². The molecule has 32 heavy (non-hydrogen) atoms. The van der Waals surface area contributed by atoms with Gasteiger partial charge in [-0.15, -0.1) is 0 Å². The summed E-state index contributed by atoms with van der Waals surface area (Å²) in [6.07, 6.45) is 1.90. The third-order valence-corrected chi connectivity index (χ3v) is 6.46. The average Bonchev–Trinajstić information content (AvgIpc) is 3.58. The van der Waals surface area contributed by atoms with Gasteiger partial charge >= 0.3 is 0 Å². The summed E-state index contributed by atoms with van der Waals surface area (Å²) in [5.41, 5.74) is 1.29. The van der Waals surface area contributed by atoms with E-state index in [2.05, 4.69) is 31.2 Å². The normalized spacial score (nSPS) is 19.0. The summed E-state index contributed by atoms with van der Waals surface area (Å²) in [6.45, 7) is 7.16. The molecular formula is C20H32N6O5S. The van der Waals surface area contributed by atoms with Crippen LogP contribution >= 0.6 is 0 Å². The first kappa shape index (κ1) is 24.4. The summed E-state index contributed by atoms with van der Waals surface area (Å²) < 4.78 is 41.2. The Kier molecular flexibility index (Phi) is 7.72. The molecule has 1 aromatic carbocycles. The maximum absolute atomic E-state index is 11.3. The summed E-state index contributed by atoms with van der Waals surface area (Å²) >= 11 is 0. The van der Waals surface area contributed by atoms with Gasteiger partial charge in [0, 0.05) is 64.0 Å². The van der Waals surface area contributed by atoms with Gasteiger partial charge in [-0.05, 0) is 25.6 Å². The van der Waals surface area contributed by atoms with Crippen LogP contribution in [-0.4, -0.2) is 97.1 Å². The molecule has 0 unspecified atom stereocenters. The highest BCUT2D eigenvalue weighted by atomic mass is 32.2. The molecule has 1 saturated heterocycles. The maximum Gasteiger partial charge on any atom is 0.274 e. The molecule has 3 rings (SSSR count). The number of piperazine rings is 1. The molecule has 3 N–H and O–H groups in total. The predicted molar refractivity (Wildman–Crippen MR) is 123 cm³/mol. The third kappa shape index (κ3) is 5.56. The topological polar surface area (TPSA) is 131 Å². The van der Waals surface area contributed by atoms with Crippen molar-refractivity contribution in [2.24, 2.45) is 15.1 Å². The molecule has 0 aromatic heterocycles. The van der Waals surface area contributed by atoms with Crippen molar-refractivity contribution in [1.29, 1.82) is 0 Å². The van der Waals surface area contributed by atoms with Crippen LogP contribution in [0, 0.1) is 0 Å². The number of benzene rings is 1. The van der Waals surface area contributed by atoms with Crippen molar-refractivity contribution < 1.29 is 22.6 Å². The molecule has 0 bridgehead atoms. The minimum Gasteiger partial charge on any atom is -0.493 e. The standard InChI is InChI=1S/C20H32N6O5S/c1-22-16-12-17(30-4)18(31-14-29-3)11-15(16)19(23-2)25-7-9-26(10-8-25)20(5-6-20)13-24-32(21,27)28/h11-12,24H,1,5-10,13-14H2,2-4H3,(H2,21,27,28)/b23-19+. The van der Waals surface area contributed by atoms with E-state index in [0.29, 0.717) is 23.7 Å². The zero-order valence-electron chi connectivity index (χ0n) is 18.8. The second kappa shape index (κ2) is 10.1. The molecule has 1 saturated carbocycles. The molecule has 178 valence electrons. The molecule has 1 aliphatic heterocycles. The lowest BCUT2D eigenvalue weighted by atomic mass is 10.1. The Labute approximate surface area is 189 Å². The van der Waals surface area contributed by atoms with Gasteiger partial charge in [-0.1, -0.05) is 0 Å². The Bertz CT molecular complexity index is 955. The van der Waals surface area contributed by atoms with E-state index in [-0.39, 0.29) is 12.3 Å². The third-order valence-electron chi connectivity index (χ3n) is 5.92. The summed E-state index contributed by atoms with van der Waals surface area (Å²) in [5.74, 6) is 1.85. The Hall–Kier alpha value is -2.25. The largest absolute Gasteiger partial charge is 0.493 e. The van der Waals surface area contributed by atoms with Crippen molar-refractivity contribution in [3.05, 3.63) is 17.7 Å². The number of amidine groups is 1. The second-order valence-corrected chi connectivity index (χ2v) is 9.22. The lowest BCUT2D eigenvalue weighted by Crippen LogP contribution is -2.56. The first-order valence-corrected chi connectivity index (χ1v) is 11.9. The van der Waals surface area contributed by atoms with Crippen LogP contribution < -0.4 is 19.3 Å². The molecule has 12 heteroatoms. The number of methoxy groups -OCH3 is 2. The van der Waals surface area contributed by atoms with Gasteiger partial charge in [0.05, 0.1) is 12.8 Å². The van der Waals surface area contributed by atoms with E-state index < -0.39 is 10.2 Å². The van der Waals surface area contributed by atoms with Crippen LogP contribution in [0.2, 0.25) is 0 Å². The van der Waals surface area contributed by atoms with Crippen molar-refractivity contribution in [2.75, 3.05) is 60.8 Å². The van der Waals surface area contributed by atoms with Crippen molar-refractivity contribution in [3.63, 3.8) is 0 Å². The van der Waals surface area contributed by atoms with Crippen LogP contribution in [0.25, 0.3) is 0 Å². The number of rotatable bonds is 10. The molecule has 0 radical (unpaired) electrons. The SMILES string of the molecule is C=Nc1cc(OC)c(OCOC)cc1/C(=N\C)N1CCN(C2(CNS(N)(=O)=O)CC2)CC1. The zero-order valence-corrected chi connectivity index (χ0v) is 19.7. The summed E-state index contributed by atoms with van der Waals surface area (Å²) in [7, 11) is 1.16. The number of ether oxygens (including phenoxy) is 3. The van der Waals surface area contributed by atoms with E-state index in [1.807, 2.05) is 6.07 Å². The fourth-order valence-corrected chi connectivity index (χ4v) is 4.53. The van der Waals surface area contributed by atoms with Gasteiger partial charge in [-0.25, -0.2) is 9.86 Å². The average molecular weight is 469 g/mol. The van der Waals surface area contributed by atoms with Crippen LogP contribution in [0.1, 0.15) is 18.4 Å². The highest BCUT2D eigenvalue weighted by Gasteiger charge is 2.48. The second-order valence-electron chi connectivity index (χ2n) is 7.84. The van der Waals surface area contributed by atoms with Gasteiger partial charge in [0.25, 0.3) is 10.2 Å². The van der Waals surface area contributed by atoms with E-state index >= 15 is 0 Å². The van der Waals surface area contributed by atoms with Gasteiger partial charge in [-0.2, -0.15) is 8.42 Å². The van der Waals surface area contributed by atoms with E-state index in [0.717, 1.165) is 50.4 Å². The van der Waals surface area contributed by atoms with Crippen LogP contribution in [0.4, 0.5) is 5.69 Å². The van der Waals surface area contributed by atoms with Gasteiger partial charge in [0.15, 0.2) is 18.3 Å². The van der Waals surface area contributed by atoms with Crippen molar-refractivity contribution in [1.82, 2.24) is 14.5 Å². The minimum absolute atomic E-state index is 0.0859. The summed E-state index contributed by atoms with van der Waals surface area (Å²) in [5, 5.41) is 5.11. The number of hydrogen-bond acceptors (Lipinski definition) is 8. The molecule has 1 heterocycles. The minimum atomic E-state index is -3.70. The zero-order chi connectivity index (χ0) is 23.4. The molecule has 1 aromatic rings. The Morgan fingerprint density at radius 3 is 2.41 bits per heavy atom. The maximum atomic E-state index is 11.3. The van der Waals surface area contributed by atoms with Crippen LogP contribution in [-0.2, 0) is 14.9 Å². The lowest BCUT2D eigenvalue weighted by molar-refractivity contribution is 0.0491. The summed E-state index contributed by atoms with van der Waals surface area (Å²) in [6, 6.07) is 3.61. The number of nitrogens with zero attached hydrogens (tertiary/aromatic N) is 4. The molecule has 0 amide bonds. The van der Waals surface area contributed by atoms with Crippen molar-refractivity contribution in [3.8, 4) is 11.5 Å². The molecule has 0 atom stereocenters. The van der Waals surface area contributed by atoms with Gasteiger partial charge < -0.3 is 19.1 Å². The van der Waals surface area contributed by atoms with E-state index in [4.69, 9.17) is 19.3 Å². The highest BCUT2D eigenvalue weighted by molar-refractivity contribution is 7.87. The molecule has 0 spiro atoms. The smallest absolute Gasteiger partial charge is 0.274 e. The fourth-order valence-electron chi connectivity index (χ4n) is 4.06. The van der Waals surface area contributed by atoms with Crippen LogP contribution in [0.15, 0.2) is 22.1 Å². The van der Waals surface area contributed by atoms with Crippen molar-refractivity contribution in [2.45, 2.75) is 18.4 Å². The van der Waals surface area contributed by atoms with Gasteiger partial charge in [0.1, 0.15) is 5.84 Å². The Morgan fingerprint density at radius 1 is 1.22 bits per heavy atom. The molecule has 2 aliphatic rings. The first-order chi connectivity index (χ1) is 15.3. The van der Waals surface area contributed by atoms with Crippen LogP contribution in [0.5, 0.6) is 11.5 Å². The Balaban J connectivity index is 1.75. The monoisotopic (exact) mass is 468 g/mol. The number of nitrogens with two attached hydrogens (primary N) is 1. The van der Waals surface area contributed by atoms with E-state index in [1.165, 1.54) is 0 Å². The Morgan fingerprint density at radius 2 is 1.91 bits per heavy atom. The van der Waals surface area contributed by atoms with Gasteiger partial charge in [0.2, 0.25) is 0 Å². The predicted octanol–water partition coefficient (Wildman–Crippen LogP) is 0.330. The molecule has 1 aliphatic carbocycles.